The zero-order chi connectivity index (χ0) is 15.2. The van der Waals surface area contributed by atoms with Crippen LogP contribution >= 0.6 is 0 Å². The highest BCUT2D eigenvalue weighted by Crippen LogP contribution is 2.22. The van der Waals surface area contributed by atoms with Crippen LogP contribution in [0.15, 0.2) is 49.2 Å². The van der Waals surface area contributed by atoms with Gasteiger partial charge >= 0.3 is 0 Å². The van der Waals surface area contributed by atoms with Crippen LogP contribution in [0.2, 0.25) is 0 Å². The molecule has 2 aromatic heterocycles. The molecule has 0 bridgehead atoms. The molecule has 0 amide bonds. The van der Waals surface area contributed by atoms with Crippen LogP contribution in [0, 0.1) is 0 Å². The van der Waals surface area contributed by atoms with Crippen LogP contribution in [-0.2, 0) is 4.74 Å². The van der Waals surface area contributed by atoms with Crippen molar-refractivity contribution in [2.24, 2.45) is 0 Å². The SMILES string of the molecule is CCOCCOc1cccc(-n2ccnc2-c2cnc[nH]2)c1. The van der Waals surface area contributed by atoms with E-state index in [2.05, 4.69) is 15.0 Å². The van der Waals surface area contributed by atoms with Crippen LogP contribution in [0.4, 0.5) is 0 Å². The maximum absolute atomic E-state index is 5.70. The Morgan fingerprint density at radius 3 is 3.05 bits per heavy atom. The van der Waals surface area contributed by atoms with Crippen molar-refractivity contribution in [3.8, 4) is 23.0 Å². The molecular weight excluding hydrogens is 280 g/mol. The van der Waals surface area contributed by atoms with Crippen molar-refractivity contribution in [1.29, 1.82) is 0 Å². The number of imidazole rings is 2. The second-order valence-electron chi connectivity index (χ2n) is 4.63. The molecule has 1 aromatic carbocycles. The normalized spacial score (nSPS) is 10.8. The lowest BCUT2D eigenvalue weighted by molar-refractivity contribution is 0.110. The monoisotopic (exact) mass is 298 g/mol. The topological polar surface area (TPSA) is 65.0 Å². The summed E-state index contributed by atoms with van der Waals surface area (Å²) in [6.07, 6.45) is 7.07. The number of aromatic amines is 1. The van der Waals surface area contributed by atoms with Gasteiger partial charge in [0, 0.05) is 25.1 Å². The van der Waals surface area contributed by atoms with Gasteiger partial charge in [-0.25, -0.2) is 9.97 Å². The highest BCUT2D eigenvalue weighted by Gasteiger charge is 2.09. The average molecular weight is 298 g/mol. The van der Waals surface area contributed by atoms with Gasteiger partial charge in [0.25, 0.3) is 0 Å². The third-order valence-electron chi connectivity index (χ3n) is 3.18. The Morgan fingerprint density at radius 2 is 2.23 bits per heavy atom. The number of nitrogens with zero attached hydrogens (tertiary/aromatic N) is 3. The third kappa shape index (κ3) is 3.17. The highest BCUT2D eigenvalue weighted by atomic mass is 16.5. The Hall–Kier alpha value is -2.60. The van der Waals surface area contributed by atoms with E-state index in [4.69, 9.17) is 9.47 Å². The van der Waals surface area contributed by atoms with Crippen LogP contribution in [0.25, 0.3) is 17.2 Å². The Labute approximate surface area is 128 Å². The number of hydrogen-bond acceptors (Lipinski definition) is 4. The maximum Gasteiger partial charge on any atom is 0.162 e. The molecule has 0 saturated carbocycles. The summed E-state index contributed by atoms with van der Waals surface area (Å²) < 4.78 is 13.0. The summed E-state index contributed by atoms with van der Waals surface area (Å²) in [5, 5.41) is 0. The molecule has 0 aliphatic heterocycles. The number of hydrogen-bond donors (Lipinski definition) is 1. The predicted octanol–water partition coefficient (Wildman–Crippen LogP) is 2.68. The Balaban J connectivity index is 1.80. The minimum atomic E-state index is 0.536. The van der Waals surface area contributed by atoms with Gasteiger partial charge in [-0.1, -0.05) is 6.07 Å². The lowest BCUT2D eigenvalue weighted by Crippen LogP contribution is -2.06. The number of H-pyrrole nitrogens is 1. The molecule has 22 heavy (non-hydrogen) atoms. The van der Waals surface area contributed by atoms with E-state index >= 15 is 0 Å². The molecule has 1 N–H and O–H groups in total. The molecule has 3 aromatic rings. The fourth-order valence-electron chi connectivity index (χ4n) is 2.18. The van der Waals surface area contributed by atoms with Gasteiger partial charge in [-0.3, -0.25) is 4.57 Å². The molecule has 0 aliphatic rings. The second kappa shape index (κ2) is 6.91. The molecule has 114 valence electrons. The smallest absolute Gasteiger partial charge is 0.162 e. The van der Waals surface area contributed by atoms with Gasteiger partial charge in [-0.15, -0.1) is 0 Å². The van der Waals surface area contributed by atoms with Crippen molar-refractivity contribution in [3.05, 3.63) is 49.2 Å². The van der Waals surface area contributed by atoms with E-state index in [9.17, 15) is 0 Å². The summed E-state index contributed by atoms with van der Waals surface area (Å²) in [5.41, 5.74) is 1.85. The largest absolute Gasteiger partial charge is 0.491 e. The van der Waals surface area contributed by atoms with Gasteiger partial charge in [0.15, 0.2) is 5.82 Å². The number of rotatable bonds is 7. The van der Waals surface area contributed by atoms with Crippen LogP contribution in [0.3, 0.4) is 0 Å². The summed E-state index contributed by atoms with van der Waals surface area (Å²) in [6.45, 7) is 3.79. The fraction of sp³-hybridized carbons (Fsp3) is 0.250. The van der Waals surface area contributed by atoms with Crippen LogP contribution < -0.4 is 4.74 Å². The first-order valence-corrected chi connectivity index (χ1v) is 7.21. The third-order valence-corrected chi connectivity index (χ3v) is 3.18. The summed E-state index contributed by atoms with van der Waals surface area (Å²) in [6, 6.07) is 7.88. The highest BCUT2D eigenvalue weighted by molar-refractivity contribution is 5.54. The van der Waals surface area contributed by atoms with E-state index in [1.807, 2.05) is 42.0 Å². The van der Waals surface area contributed by atoms with Crippen LogP contribution in [-0.4, -0.2) is 39.3 Å². The predicted molar refractivity (Wildman–Crippen MR) is 83.1 cm³/mol. The molecular formula is C16H18N4O2. The number of benzene rings is 1. The molecule has 0 unspecified atom stereocenters. The Kier molecular flexibility index (Phi) is 4.50. The van der Waals surface area contributed by atoms with E-state index in [0.29, 0.717) is 19.8 Å². The molecule has 3 rings (SSSR count). The van der Waals surface area contributed by atoms with Gasteiger partial charge in [0.1, 0.15) is 18.1 Å². The molecule has 0 spiro atoms. The molecule has 6 heteroatoms. The van der Waals surface area contributed by atoms with E-state index in [1.165, 1.54) is 0 Å². The van der Waals surface area contributed by atoms with E-state index in [-0.39, 0.29) is 0 Å². The lowest BCUT2D eigenvalue weighted by atomic mass is 10.3. The zero-order valence-corrected chi connectivity index (χ0v) is 12.4. The first-order chi connectivity index (χ1) is 10.9. The summed E-state index contributed by atoms with van der Waals surface area (Å²) in [7, 11) is 0. The number of nitrogens with one attached hydrogen (secondary N) is 1. The van der Waals surface area contributed by atoms with E-state index in [0.717, 1.165) is 23.0 Å². The van der Waals surface area contributed by atoms with Crippen molar-refractivity contribution in [2.75, 3.05) is 19.8 Å². The minimum Gasteiger partial charge on any atom is -0.491 e. The first kappa shape index (κ1) is 14.3. The molecule has 6 nitrogen and oxygen atoms in total. The van der Waals surface area contributed by atoms with Crippen LogP contribution in [0.5, 0.6) is 5.75 Å². The molecule has 0 radical (unpaired) electrons. The minimum absolute atomic E-state index is 0.536. The summed E-state index contributed by atoms with van der Waals surface area (Å²) in [4.78, 5) is 11.5. The summed E-state index contributed by atoms with van der Waals surface area (Å²) in [5.74, 6) is 1.62. The molecule has 0 saturated heterocycles. The average Bonchev–Trinajstić information content (AvgIpc) is 3.22. The Bertz CT molecular complexity index is 707. The zero-order valence-electron chi connectivity index (χ0n) is 12.4. The molecule has 2 heterocycles. The number of aromatic nitrogens is 4. The van der Waals surface area contributed by atoms with Gasteiger partial charge in [-0.05, 0) is 19.1 Å². The maximum atomic E-state index is 5.70. The quantitative estimate of drug-likeness (QED) is 0.681. The Morgan fingerprint density at radius 1 is 1.27 bits per heavy atom. The molecule has 0 aliphatic carbocycles. The van der Waals surface area contributed by atoms with Gasteiger partial charge < -0.3 is 14.5 Å². The van der Waals surface area contributed by atoms with Gasteiger partial charge in [-0.2, -0.15) is 0 Å². The lowest BCUT2D eigenvalue weighted by Gasteiger charge is -2.10. The van der Waals surface area contributed by atoms with Gasteiger partial charge in [0.05, 0.1) is 24.8 Å². The second-order valence-corrected chi connectivity index (χ2v) is 4.63. The first-order valence-electron chi connectivity index (χ1n) is 7.21. The number of ether oxygens (including phenoxy) is 2. The standard InChI is InChI=1S/C16H18N4O2/c1-2-21-8-9-22-14-5-3-4-13(10-14)20-7-6-18-16(20)15-11-17-12-19-15/h3-7,10-12H,2,8-9H2,1H3,(H,17,19). The fourth-order valence-corrected chi connectivity index (χ4v) is 2.18. The van der Waals surface area contributed by atoms with Crippen molar-refractivity contribution < 1.29 is 9.47 Å². The molecule has 0 atom stereocenters. The van der Waals surface area contributed by atoms with Gasteiger partial charge in [0.2, 0.25) is 0 Å². The van der Waals surface area contributed by atoms with Crippen molar-refractivity contribution >= 4 is 0 Å². The van der Waals surface area contributed by atoms with E-state index in [1.54, 1.807) is 18.7 Å². The van der Waals surface area contributed by atoms with Crippen LogP contribution in [0.1, 0.15) is 6.92 Å². The molecule has 0 fully saturated rings. The van der Waals surface area contributed by atoms with Crippen molar-refractivity contribution in [2.45, 2.75) is 6.92 Å². The van der Waals surface area contributed by atoms with Crippen molar-refractivity contribution in [1.82, 2.24) is 19.5 Å². The van der Waals surface area contributed by atoms with Crippen molar-refractivity contribution in [3.63, 3.8) is 0 Å². The summed E-state index contributed by atoms with van der Waals surface area (Å²) >= 11 is 0. The van der Waals surface area contributed by atoms with E-state index < -0.39 is 0 Å².